The number of hydrogen-bond donors (Lipinski definition) is 1. The molecule has 1 aliphatic heterocycles. The zero-order valence-electron chi connectivity index (χ0n) is 17.1. The fourth-order valence-electron chi connectivity index (χ4n) is 3.22. The highest BCUT2D eigenvalue weighted by atomic mass is 32.1. The van der Waals surface area contributed by atoms with Gasteiger partial charge in [-0.2, -0.15) is 0 Å². The van der Waals surface area contributed by atoms with Gasteiger partial charge in [-0.3, -0.25) is 4.79 Å². The van der Waals surface area contributed by atoms with Gasteiger partial charge in [-0.15, -0.1) is 11.3 Å². The number of hydrogen-bond acceptors (Lipinski definition) is 6. The Balaban J connectivity index is 1.56. The average Bonchev–Trinajstić information content (AvgIpc) is 3.01. The van der Waals surface area contributed by atoms with Crippen molar-refractivity contribution in [3.05, 3.63) is 39.3 Å². The first-order valence-corrected chi connectivity index (χ1v) is 10.5. The molecule has 0 unspecified atom stereocenters. The molecule has 1 aromatic heterocycles. The Morgan fingerprint density at radius 2 is 2.04 bits per heavy atom. The summed E-state index contributed by atoms with van der Waals surface area (Å²) in [4.78, 5) is 20.5. The number of thiazole rings is 1. The second kappa shape index (κ2) is 9.39. The van der Waals surface area contributed by atoms with E-state index < -0.39 is 0 Å². The molecule has 2 aromatic rings. The van der Waals surface area contributed by atoms with Crippen LogP contribution in [0.1, 0.15) is 38.8 Å². The SMILES string of the molecule is COc1cc(C(=O)NCCc2nc(C)c(C)s2)ccc1OC1CCN(C)CC1. The molecule has 1 aliphatic rings. The van der Waals surface area contributed by atoms with Crippen LogP contribution in [0.5, 0.6) is 11.5 Å². The van der Waals surface area contributed by atoms with Gasteiger partial charge in [0, 0.05) is 36.5 Å². The highest BCUT2D eigenvalue weighted by molar-refractivity contribution is 7.11. The number of rotatable bonds is 7. The molecular weight excluding hydrogens is 374 g/mol. The van der Waals surface area contributed by atoms with Crippen LogP contribution in [-0.4, -0.2) is 55.7 Å². The maximum absolute atomic E-state index is 12.5. The Labute approximate surface area is 170 Å². The summed E-state index contributed by atoms with van der Waals surface area (Å²) in [7, 11) is 3.73. The normalized spacial score (nSPS) is 15.4. The molecule has 0 saturated carbocycles. The van der Waals surface area contributed by atoms with E-state index in [2.05, 4.69) is 29.2 Å². The van der Waals surface area contributed by atoms with E-state index in [1.807, 2.05) is 13.0 Å². The average molecular weight is 404 g/mol. The molecule has 1 N–H and O–H groups in total. The molecule has 7 heteroatoms. The van der Waals surface area contributed by atoms with E-state index in [1.54, 1.807) is 30.6 Å². The third kappa shape index (κ3) is 5.23. The van der Waals surface area contributed by atoms with Crippen molar-refractivity contribution in [2.45, 2.75) is 39.2 Å². The van der Waals surface area contributed by atoms with E-state index in [0.29, 0.717) is 23.6 Å². The van der Waals surface area contributed by atoms with Gasteiger partial charge in [0.2, 0.25) is 0 Å². The number of nitrogens with zero attached hydrogens (tertiary/aromatic N) is 2. The maximum atomic E-state index is 12.5. The van der Waals surface area contributed by atoms with Crippen LogP contribution in [0.2, 0.25) is 0 Å². The second-order valence-electron chi connectivity index (χ2n) is 7.24. The standard InChI is InChI=1S/C21H29N3O3S/c1-14-15(2)28-20(23-14)7-10-22-21(25)16-5-6-18(19(13-16)26-4)27-17-8-11-24(3)12-9-17/h5-6,13,17H,7-12H2,1-4H3,(H,22,25). The number of likely N-dealkylation sites (tertiary alicyclic amines) is 1. The van der Waals surface area contributed by atoms with Crippen molar-refractivity contribution in [1.82, 2.24) is 15.2 Å². The Morgan fingerprint density at radius 3 is 2.68 bits per heavy atom. The summed E-state index contributed by atoms with van der Waals surface area (Å²) in [6, 6.07) is 5.37. The van der Waals surface area contributed by atoms with Crippen LogP contribution in [0.15, 0.2) is 18.2 Å². The maximum Gasteiger partial charge on any atom is 0.251 e. The molecule has 0 bridgehead atoms. The van der Waals surface area contributed by atoms with E-state index in [1.165, 1.54) is 4.88 Å². The Morgan fingerprint density at radius 1 is 1.29 bits per heavy atom. The van der Waals surface area contributed by atoms with Crippen LogP contribution in [0, 0.1) is 13.8 Å². The van der Waals surface area contributed by atoms with Crippen molar-refractivity contribution in [1.29, 1.82) is 0 Å². The number of benzene rings is 1. The summed E-state index contributed by atoms with van der Waals surface area (Å²) in [5.74, 6) is 1.18. The van der Waals surface area contributed by atoms with Gasteiger partial charge < -0.3 is 19.7 Å². The third-order valence-corrected chi connectivity index (χ3v) is 6.21. The number of piperidine rings is 1. The van der Waals surface area contributed by atoms with Crippen molar-refractivity contribution in [2.75, 3.05) is 33.8 Å². The van der Waals surface area contributed by atoms with Gasteiger partial charge in [0.15, 0.2) is 11.5 Å². The highest BCUT2D eigenvalue weighted by Crippen LogP contribution is 2.30. The van der Waals surface area contributed by atoms with E-state index in [9.17, 15) is 4.79 Å². The second-order valence-corrected chi connectivity index (χ2v) is 8.53. The number of amides is 1. The van der Waals surface area contributed by atoms with Crippen LogP contribution in [0.3, 0.4) is 0 Å². The van der Waals surface area contributed by atoms with E-state index in [-0.39, 0.29) is 12.0 Å². The number of nitrogens with one attached hydrogen (secondary N) is 1. The lowest BCUT2D eigenvalue weighted by Gasteiger charge is -2.29. The van der Waals surface area contributed by atoms with Gasteiger partial charge in [-0.1, -0.05) is 0 Å². The summed E-state index contributed by atoms with van der Waals surface area (Å²) < 4.78 is 11.6. The van der Waals surface area contributed by atoms with E-state index in [0.717, 1.165) is 43.1 Å². The van der Waals surface area contributed by atoms with Gasteiger partial charge in [-0.05, 0) is 51.9 Å². The Kier molecular flexibility index (Phi) is 6.91. The number of carbonyl (C=O) groups is 1. The molecule has 0 spiro atoms. The van der Waals surface area contributed by atoms with Crippen molar-refractivity contribution in [2.24, 2.45) is 0 Å². The van der Waals surface area contributed by atoms with Crippen molar-refractivity contribution in [3.63, 3.8) is 0 Å². The molecule has 0 radical (unpaired) electrons. The molecule has 1 saturated heterocycles. The Hall–Kier alpha value is -2.12. The van der Waals surface area contributed by atoms with Crippen LogP contribution in [-0.2, 0) is 6.42 Å². The number of ether oxygens (including phenoxy) is 2. The minimum absolute atomic E-state index is 0.117. The van der Waals surface area contributed by atoms with Gasteiger partial charge in [-0.25, -0.2) is 4.98 Å². The molecule has 0 aliphatic carbocycles. The van der Waals surface area contributed by atoms with Crippen LogP contribution in [0.25, 0.3) is 0 Å². The molecule has 0 atom stereocenters. The lowest BCUT2D eigenvalue weighted by molar-refractivity contribution is 0.0953. The molecule has 1 aromatic carbocycles. The lowest BCUT2D eigenvalue weighted by Crippen LogP contribution is -2.35. The first-order valence-electron chi connectivity index (χ1n) is 9.70. The van der Waals surface area contributed by atoms with Crippen LogP contribution < -0.4 is 14.8 Å². The van der Waals surface area contributed by atoms with Gasteiger partial charge in [0.25, 0.3) is 5.91 Å². The summed E-state index contributed by atoms with van der Waals surface area (Å²) >= 11 is 1.68. The molecule has 6 nitrogen and oxygen atoms in total. The lowest BCUT2D eigenvalue weighted by atomic mass is 10.1. The highest BCUT2D eigenvalue weighted by Gasteiger charge is 2.20. The first kappa shape index (κ1) is 20.6. The number of aryl methyl sites for hydroxylation is 2. The topological polar surface area (TPSA) is 63.7 Å². The van der Waals surface area contributed by atoms with E-state index >= 15 is 0 Å². The van der Waals surface area contributed by atoms with Gasteiger partial charge in [0.1, 0.15) is 6.10 Å². The minimum atomic E-state index is -0.117. The zero-order valence-corrected chi connectivity index (χ0v) is 17.9. The van der Waals surface area contributed by atoms with Crippen molar-refractivity contribution in [3.8, 4) is 11.5 Å². The number of carbonyl (C=O) groups excluding carboxylic acids is 1. The van der Waals surface area contributed by atoms with Gasteiger partial charge >= 0.3 is 0 Å². The predicted molar refractivity (Wildman–Crippen MR) is 112 cm³/mol. The van der Waals surface area contributed by atoms with E-state index in [4.69, 9.17) is 9.47 Å². The van der Waals surface area contributed by atoms with Gasteiger partial charge in [0.05, 0.1) is 17.8 Å². The number of methoxy groups -OCH3 is 1. The molecule has 2 heterocycles. The fourth-order valence-corrected chi connectivity index (χ4v) is 4.15. The molecular formula is C21H29N3O3S. The summed E-state index contributed by atoms with van der Waals surface area (Å²) in [6.07, 6.45) is 2.92. The molecule has 28 heavy (non-hydrogen) atoms. The predicted octanol–water partition coefficient (Wildman–Crippen LogP) is 3.21. The molecule has 1 fully saturated rings. The smallest absolute Gasteiger partial charge is 0.251 e. The quantitative estimate of drug-likeness (QED) is 0.769. The molecule has 3 rings (SSSR count). The minimum Gasteiger partial charge on any atom is -0.493 e. The fraction of sp³-hybridized carbons (Fsp3) is 0.524. The number of aromatic nitrogens is 1. The Bertz CT molecular complexity index is 794. The monoisotopic (exact) mass is 403 g/mol. The summed E-state index contributed by atoms with van der Waals surface area (Å²) in [6.45, 7) is 6.70. The largest absolute Gasteiger partial charge is 0.493 e. The molecule has 1 amide bonds. The first-order chi connectivity index (χ1) is 13.5. The zero-order chi connectivity index (χ0) is 20.1. The van der Waals surface area contributed by atoms with Crippen molar-refractivity contribution >= 4 is 17.2 Å². The summed E-state index contributed by atoms with van der Waals surface area (Å²) in [5.41, 5.74) is 1.63. The van der Waals surface area contributed by atoms with Crippen molar-refractivity contribution < 1.29 is 14.3 Å². The third-order valence-electron chi connectivity index (χ3n) is 5.08. The molecule has 152 valence electrons. The van der Waals surface area contributed by atoms with Crippen LogP contribution in [0.4, 0.5) is 0 Å². The summed E-state index contributed by atoms with van der Waals surface area (Å²) in [5, 5.41) is 4.01. The van der Waals surface area contributed by atoms with Crippen LogP contribution >= 0.6 is 11.3 Å².